The van der Waals surface area contributed by atoms with E-state index in [0.717, 1.165) is 47.8 Å². The first kappa shape index (κ1) is 94.8. The molecular weight excluding hydrogens is 1730 g/mol. The number of nitrogens with two attached hydrogens (primary N) is 1. The first-order chi connectivity index (χ1) is 53.1. The lowest BCUT2D eigenvalue weighted by atomic mass is 10.2. The Morgan fingerprint density at radius 2 is 0.886 bits per heavy atom. The number of halogens is 8. The fourth-order valence-corrected chi connectivity index (χ4v) is 10.6. The number of nitrogens with one attached hydrogen (secondary N) is 4. The van der Waals surface area contributed by atoms with Crippen LogP contribution in [0.2, 0.25) is 26.3 Å². The number of carbonyl (C=O) groups excluding carboxylic acids is 6. The van der Waals surface area contributed by atoms with Crippen LogP contribution in [0.1, 0.15) is 118 Å². The van der Waals surface area contributed by atoms with Gasteiger partial charge in [0.25, 0.3) is 0 Å². The lowest BCUT2D eigenvalue weighted by Crippen LogP contribution is -2.41. The highest BCUT2D eigenvalue weighted by Crippen LogP contribution is 2.40. The van der Waals surface area contributed by atoms with E-state index in [1.165, 1.54) is 37.3 Å². The van der Waals surface area contributed by atoms with Crippen LogP contribution in [0.5, 0.6) is 23.0 Å². The summed E-state index contributed by atoms with van der Waals surface area (Å²) in [6.07, 6.45) is 5.64. The summed E-state index contributed by atoms with van der Waals surface area (Å²) in [5.41, 5.74) is 10.2. The number of hydrogen-bond acceptors (Lipinski definition) is 27. The number of nitrogen functional groups attached to an aromatic ring is 1. The molecule has 4 aromatic heterocycles. The molecule has 0 saturated carbocycles. The van der Waals surface area contributed by atoms with Crippen LogP contribution in [0.15, 0.2) is 132 Å². The summed E-state index contributed by atoms with van der Waals surface area (Å²) in [7, 11) is 0. The monoisotopic (exact) mass is 1820 g/mol. The molecule has 0 unspecified atom stereocenters. The SMILES string of the molecule is C.C=C(C)OCC.C=CC(=O)Cl.CC(=O)c1cnc(Cl)nc1Nc1ccc2c(c1)N(C(=O)OC(C)(C)C)CCO2.CC(=O)c1cnc(Cl)nc1Nc1ccc2c(c1)NCCO2.CC(C)(C)OC(=O)N1CCOc2ccc(N)cc21.CC(C)(C)OC(=O)N1CCOc2ccc(Nc3nc(Cl)ncc3Br)cc21.Clc1ncc(Br)c(Cl)n1. The molecule has 12 rings (SSSR count). The molecule has 0 radical (unpaired) electrons. The number of rotatable bonds is 11. The van der Waals surface area contributed by atoms with E-state index >= 15 is 0 Å². The Morgan fingerprint density at radius 3 is 1.25 bits per heavy atom. The lowest BCUT2D eigenvalue weighted by Gasteiger charge is -2.32. The standard InChI is InChI=1S/C19H21ClN4O4.C17H18BrClN4O3.C14H13ClN4O2.C13H18N2O3.C5H10O.C4HBrCl2N2.C3H3ClO.CH4/c1-11(25)13-10-21-17(20)23-16(13)22-12-5-6-15-14(9-12)24(7-8-27-15)18(26)28-19(2,3)4;1-17(2,3)26-16(24)23-6-7-25-13-5-4-10(8-12(13)23)21-14-11(18)9-20-15(19)22-14;1-8(20)10-7-17-14(15)19-13(10)18-9-2-3-12-11(6-9)16-4-5-21-12;1-13(2,3)18-12(16)15-6-7-17-11-5-4-9(14)8-10(11)15;1-4-6-5(2)3;5-2-1-8-4(7)9-3(2)6;1-2-3(4)5;/h5-6,9-10H,7-8H2,1-4H3,(H,21,22,23);4-5,8-9H,6-7H2,1-3H3,(H,20,21,22);2-3,6-7,16H,4-5H2,1H3,(H,17,18,19);4-5,8H,6-7,14H2,1-3H3;2,4H2,1,3H3;1H;2H,1H2;1H4. The average Bonchev–Trinajstić information content (AvgIpc) is 0.809. The van der Waals surface area contributed by atoms with Gasteiger partial charge in [-0.05, 0) is 259 Å². The normalized spacial score (nSPS) is 12.6. The van der Waals surface area contributed by atoms with Crippen LogP contribution in [-0.2, 0) is 23.7 Å². The molecule has 4 aromatic carbocycles. The second kappa shape index (κ2) is 44.2. The largest absolute Gasteiger partial charge is 0.499 e. The highest BCUT2D eigenvalue weighted by molar-refractivity contribution is 9.11. The van der Waals surface area contributed by atoms with Gasteiger partial charge in [0.05, 0.1) is 74.8 Å². The Labute approximate surface area is 708 Å². The van der Waals surface area contributed by atoms with Crippen molar-refractivity contribution in [3.05, 3.63) is 169 Å². The number of hydrogen-bond donors (Lipinski definition) is 5. The van der Waals surface area contributed by atoms with Crippen LogP contribution in [0.3, 0.4) is 0 Å². The maximum atomic E-state index is 12.6. The zero-order chi connectivity index (χ0) is 83.7. The number of fused-ring (bicyclic) bond motifs is 4. The lowest BCUT2D eigenvalue weighted by molar-refractivity contribution is -0.107. The molecule has 0 saturated heterocycles. The Morgan fingerprint density at radius 1 is 0.535 bits per heavy atom. The molecular formula is C76H88Br2Cl6N16O14. The van der Waals surface area contributed by atoms with Gasteiger partial charge in [-0.25, -0.2) is 39.3 Å². The summed E-state index contributed by atoms with van der Waals surface area (Å²) < 4.78 is 44.8. The van der Waals surface area contributed by atoms with Gasteiger partial charge in [0.2, 0.25) is 26.4 Å². The minimum Gasteiger partial charge on any atom is -0.499 e. The van der Waals surface area contributed by atoms with E-state index in [9.17, 15) is 28.8 Å². The third kappa shape index (κ3) is 31.2. The zero-order valence-electron chi connectivity index (χ0n) is 63.8. The summed E-state index contributed by atoms with van der Waals surface area (Å²) in [6.45, 7) is 34.3. The first-order valence-corrected chi connectivity index (χ1v) is 38.0. The molecule has 0 aliphatic carbocycles. The van der Waals surface area contributed by atoms with Gasteiger partial charge < -0.3 is 64.9 Å². The Kier molecular flexibility index (Phi) is 36.7. The zero-order valence-corrected chi connectivity index (χ0v) is 71.5. The smallest absolute Gasteiger partial charge is 0.415 e. The number of carbonyl (C=O) groups is 6. The highest BCUT2D eigenvalue weighted by atomic mass is 79.9. The first-order valence-electron chi connectivity index (χ1n) is 34.2. The number of aromatic nitrogens is 8. The second-order valence-electron chi connectivity index (χ2n) is 26.6. The molecule has 0 bridgehead atoms. The number of nitrogens with zero attached hydrogens (tertiary/aromatic N) is 11. The van der Waals surface area contributed by atoms with Crippen LogP contribution in [-0.4, -0.2) is 151 Å². The molecule has 0 atom stereocenters. The summed E-state index contributed by atoms with van der Waals surface area (Å²) in [5.74, 6) is 4.29. The quantitative estimate of drug-likeness (QED) is 0.0117. The van der Waals surface area contributed by atoms with E-state index in [0.29, 0.717) is 129 Å². The Hall–Kier alpha value is -9.80. The van der Waals surface area contributed by atoms with E-state index in [4.69, 9.17) is 113 Å². The molecule has 30 nitrogen and oxygen atoms in total. The van der Waals surface area contributed by atoms with Crippen LogP contribution < -0.4 is 60.6 Å². The van der Waals surface area contributed by atoms with Gasteiger partial charge in [-0.1, -0.05) is 32.2 Å². The van der Waals surface area contributed by atoms with Crippen LogP contribution >= 0.6 is 101 Å². The maximum absolute atomic E-state index is 12.6. The molecule has 0 spiro atoms. The fraction of sp³-hybridized carbons (Fsp3) is 0.342. The third-order valence-corrected chi connectivity index (χ3v) is 16.6. The number of benzene rings is 4. The molecule has 114 heavy (non-hydrogen) atoms. The van der Waals surface area contributed by atoms with Crippen molar-refractivity contribution in [1.29, 1.82) is 0 Å². The minimum absolute atomic E-state index is 0. The molecule has 8 heterocycles. The van der Waals surface area contributed by atoms with Crippen molar-refractivity contribution < 1.29 is 66.7 Å². The van der Waals surface area contributed by atoms with Crippen molar-refractivity contribution in [3.8, 4) is 23.0 Å². The maximum Gasteiger partial charge on any atom is 0.415 e. The van der Waals surface area contributed by atoms with Crippen LogP contribution in [0.4, 0.5) is 77.3 Å². The van der Waals surface area contributed by atoms with E-state index in [-0.39, 0.29) is 52.0 Å². The number of allylic oxidation sites excluding steroid dienone is 2. The number of Topliss-reactive ketones (excluding diaryl/α,β-unsaturated/α-hetero) is 2. The van der Waals surface area contributed by atoms with E-state index in [1.807, 2.05) is 100 Å². The molecule has 0 fully saturated rings. The minimum atomic E-state index is -0.612. The average molecular weight is 1820 g/mol. The van der Waals surface area contributed by atoms with Crippen molar-refractivity contribution in [2.75, 3.05) is 101 Å². The van der Waals surface area contributed by atoms with Crippen molar-refractivity contribution in [1.82, 2.24) is 39.9 Å². The van der Waals surface area contributed by atoms with E-state index < -0.39 is 34.2 Å². The molecule has 612 valence electrons. The summed E-state index contributed by atoms with van der Waals surface area (Å²) in [6, 6.07) is 21.5. The van der Waals surface area contributed by atoms with E-state index in [2.05, 4.69) is 106 Å². The molecule has 4 aliphatic heterocycles. The molecule has 3 amide bonds. The number of amides is 3. The van der Waals surface area contributed by atoms with Gasteiger partial charge in [0.15, 0.2) is 11.6 Å². The van der Waals surface area contributed by atoms with Crippen LogP contribution in [0, 0.1) is 0 Å². The highest BCUT2D eigenvalue weighted by Gasteiger charge is 2.32. The van der Waals surface area contributed by atoms with Crippen molar-refractivity contribution in [3.63, 3.8) is 0 Å². The summed E-state index contributed by atoms with van der Waals surface area (Å²) in [5, 5.41) is 12.8. The third-order valence-electron chi connectivity index (χ3n) is 14.0. The number of ether oxygens (including phenoxy) is 8. The second-order valence-corrected chi connectivity index (χ2v) is 30.4. The Balaban J connectivity index is 0.000000252. The summed E-state index contributed by atoms with van der Waals surface area (Å²) in [4.78, 5) is 106. The van der Waals surface area contributed by atoms with Crippen LogP contribution in [0.25, 0.3) is 0 Å². The molecule has 38 heteroatoms. The Bertz CT molecular complexity index is 4730. The molecule has 8 aromatic rings. The van der Waals surface area contributed by atoms with Crippen molar-refractivity contribution >= 4 is 200 Å². The van der Waals surface area contributed by atoms with Gasteiger partial charge in [-0.3, -0.25) is 29.1 Å². The molecule has 4 aliphatic rings. The number of anilines is 11. The van der Waals surface area contributed by atoms with Crippen molar-refractivity contribution in [2.45, 2.75) is 114 Å². The van der Waals surface area contributed by atoms with Gasteiger partial charge >= 0.3 is 18.3 Å². The predicted molar refractivity (Wildman–Crippen MR) is 454 cm³/mol. The predicted octanol–water partition coefficient (Wildman–Crippen LogP) is 19.9. The van der Waals surface area contributed by atoms with Gasteiger partial charge in [-0.15, -0.1) is 0 Å². The number of ketones is 2. The van der Waals surface area contributed by atoms with Gasteiger partial charge in [0, 0.05) is 54.1 Å². The fourth-order valence-electron chi connectivity index (χ4n) is 9.41. The van der Waals surface area contributed by atoms with Gasteiger partial charge in [-0.2, -0.15) is 15.0 Å². The topological polar surface area (TPSA) is 363 Å². The van der Waals surface area contributed by atoms with Crippen molar-refractivity contribution in [2.24, 2.45) is 0 Å². The summed E-state index contributed by atoms with van der Waals surface area (Å²) >= 11 is 39.6. The van der Waals surface area contributed by atoms with E-state index in [1.54, 1.807) is 64.5 Å². The molecule has 6 N–H and O–H groups in total. The van der Waals surface area contributed by atoms with Gasteiger partial charge in [0.1, 0.15) is 88.8 Å².